The summed E-state index contributed by atoms with van der Waals surface area (Å²) in [6.07, 6.45) is -1.42. The molecule has 0 spiro atoms. The second kappa shape index (κ2) is 53.8. The van der Waals surface area contributed by atoms with E-state index in [4.69, 9.17) is 106 Å². The van der Waals surface area contributed by atoms with Gasteiger partial charge in [-0.05, 0) is 141 Å². The predicted octanol–water partition coefficient (Wildman–Crippen LogP) is -11.7. The summed E-state index contributed by atoms with van der Waals surface area (Å²) in [5.41, 5.74) is 56.0. The van der Waals surface area contributed by atoms with Gasteiger partial charge in [0.2, 0.25) is 59.1 Å². The normalized spacial score (nSPS) is 21.0. The standard InChI is InChI=1S/C60H120N38O10/c61-22-2-1-12-32-42(99)90-34(14-4-24-81-53(64)65)44(101)92-36(16-6-26-83-55(68)69)46(103)94-38(18-8-28-85-57(72)73)48(105)96-40(20-10-30-87-59(76)77)50(107)98-41(21-11-31-88-60(78)79)51(108)97-39(19-9-29-86-58(74)75)49(106)95-37(17-7-27-84-56(70)71)47(104)93-35(15-5-25-82-54(66)67)45(102)91-33(43(100)89-32)13-3-23-80-52(62)63/h32-41H,1-31,61H2,(H,89,100)(H,90,99)(H,91,102)(H,92,101)(H,93,104)(H,94,103)(H,95,106)(H,96,105)(H,97,108)(H,98,107)(H4,62,63,80)(H4,64,65,81)(H4,66,67,82)(H4,68,69,83)(H4,70,71,84)(H4,72,73,85)(H4,74,75,86)(H4,76,77,87)(H4,78,79,88)/t32-,33-,34-,35-,36-,37-,38-,39-,40-,41-/m0/s1. The number of carbonyl (C=O) groups excluding carboxylic acids is 10. The molecular formula is C60H120N38O10. The molecule has 1 rings (SSSR count). The molecule has 0 aromatic heterocycles. The Morgan fingerprint density at radius 2 is 0.306 bits per heavy atom. The van der Waals surface area contributed by atoms with Gasteiger partial charge in [0.1, 0.15) is 60.4 Å². The zero-order valence-electron chi connectivity index (χ0n) is 61.0. The number of unbranched alkanes of at least 4 members (excludes halogenated alkanes) is 1. The molecule has 48 heteroatoms. The number of nitrogens with one attached hydrogen (secondary N) is 28. The van der Waals surface area contributed by atoms with Crippen LogP contribution in [0.4, 0.5) is 0 Å². The minimum absolute atomic E-state index is 0.00862. The van der Waals surface area contributed by atoms with Gasteiger partial charge in [0.15, 0.2) is 53.6 Å². The highest BCUT2D eigenvalue weighted by atomic mass is 16.2. The summed E-state index contributed by atoms with van der Waals surface area (Å²) in [4.78, 5) is 149. The van der Waals surface area contributed by atoms with Crippen molar-refractivity contribution in [2.75, 3.05) is 65.4 Å². The molecule has 0 unspecified atom stereocenters. The number of rotatable bonds is 40. The van der Waals surface area contributed by atoms with Crippen LogP contribution >= 0.6 is 0 Å². The maximum absolute atomic E-state index is 14.9. The van der Waals surface area contributed by atoms with E-state index < -0.39 is 173 Å². The van der Waals surface area contributed by atoms with E-state index in [9.17, 15) is 47.9 Å². The van der Waals surface area contributed by atoms with E-state index in [-0.39, 0.29) is 194 Å². The number of carbonyl (C=O) groups is 10. The topological polar surface area (TPSA) is 874 Å². The molecule has 1 fully saturated rings. The maximum atomic E-state index is 14.9. The molecule has 1 saturated heterocycles. The Labute approximate surface area is 626 Å². The maximum Gasteiger partial charge on any atom is 0.243 e. The van der Waals surface area contributed by atoms with Crippen molar-refractivity contribution >= 4 is 113 Å². The number of amides is 10. The largest absolute Gasteiger partial charge is 0.370 e. The van der Waals surface area contributed by atoms with Crippen LogP contribution in [0.3, 0.4) is 0 Å². The lowest BCUT2D eigenvalue weighted by molar-refractivity contribution is -0.137. The van der Waals surface area contributed by atoms with Gasteiger partial charge in [0.05, 0.1) is 0 Å². The molecule has 0 saturated carbocycles. The molecule has 48 nitrogen and oxygen atoms in total. The summed E-state index contributed by atoms with van der Waals surface area (Å²) in [6, 6.07) is -15.7. The van der Waals surface area contributed by atoms with Crippen LogP contribution in [-0.2, 0) is 47.9 Å². The summed E-state index contributed by atoms with van der Waals surface area (Å²) in [5.74, 6) is -13.7. The molecule has 10 atom stereocenters. The molecule has 0 bridgehead atoms. The Balaban J connectivity index is 4.70. The summed E-state index contributed by atoms with van der Waals surface area (Å²) in [5, 5.41) is 120. The molecular weight excluding hydrogens is 1410 g/mol. The van der Waals surface area contributed by atoms with Crippen LogP contribution < -0.4 is 158 Å². The Morgan fingerprint density at radius 1 is 0.204 bits per heavy atom. The van der Waals surface area contributed by atoms with Crippen molar-refractivity contribution in [1.29, 1.82) is 48.7 Å². The Kier molecular flexibility index (Phi) is 46.9. The first kappa shape index (κ1) is 94.1. The molecule has 0 radical (unpaired) electrons. The van der Waals surface area contributed by atoms with Crippen molar-refractivity contribution in [2.45, 2.75) is 195 Å². The number of guanidine groups is 9. The zero-order chi connectivity index (χ0) is 81.1. The lowest BCUT2D eigenvalue weighted by Crippen LogP contribution is -2.61. The van der Waals surface area contributed by atoms with E-state index >= 15 is 0 Å². The number of nitrogens with two attached hydrogens (primary N) is 10. The molecule has 610 valence electrons. The first-order valence-corrected chi connectivity index (χ1v) is 35.6. The predicted molar refractivity (Wildman–Crippen MR) is 405 cm³/mol. The quantitative estimate of drug-likeness (QED) is 0.0154. The third-order valence-corrected chi connectivity index (χ3v) is 16.1. The van der Waals surface area contributed by atoms with Gasteiger partial charge < -0.3 is 158 Å². The van der Waals surface area contributed by atoms with Gasteiger partial charge in [-0.15, -0.1) is 0 Å². The minimum Gasteiger partial charge on any atom is -0.370 e. The van der Waals surface area contributed by atoms with Crippen molar-refractivity contribution in [2.24, 2.45) is 57.3 Å². The van der Waals surface area contributed by atoms with Gasteiger partial charge in [0.25, 0.3) is 0 Å². The SMILES string of the molecule is N=C(N)NCCC[C@@H]1NC(=O)[C@H](CCCCN)NC(=O)[C@H](CCCNC(=N)N)NC(=O)[C@H](CCCNC(=N)N)NC(=O)[C@H](CCCNC(=N)N)NC(=O)[C@H](CCCNC(=N)N)NC(=O)[C@H](CCCNC(=N)N)NC(=O)[C@H](CCCNC(=N)N)NC(=O)[C@H](CCCNC(=N)N)NC(=O)[C@H](CCCNC(=N)N)NC1=O. The molecule has 48 N–H and O–H groups in total. The zero-order valence-corrected chi connectivity index (χ0v) is 61.0. The first-order chi connectivity index (χ1) is 51.1. The van der Waals surface area contributed by atoms with E-state index in [1.807, 2.05) is 0 Å². The Hall–Kier alpha value is -11.9. The highest BCUT2D eigenvalue weighted by molar-refractivity contribution is 6.00. The van der Waals surface area contributed by atoms with E-state index in [2.05, 4.69) is 101 Å². The lowest BCUT2D eigenvalue weighted by atomic mass is 10.0. The highest BCUT2D eigenvalue weighted by Gasteiger charge is 2.37. The van der Waals surface area contributed by atoms with E-state index in [0.717, 1.165) is 0 Å². The van der Waals surface area contributed by atoms with Gasteiger partial charge in [-0.25, -0.2) is 0 Å². The van der Waals surface area contributed by atoms with Crippen molar-refractivity contribution in [3.8, 4) is 0 Å². The van der Waals surface area contributed by atoms with Crippen LogP contribution in [0, 0.1) is 48.7 Å². The van der Waals surface area contributed by atoms with Crippen molar-refractivity contribution in [1.82, 2.24) is 101 Å². The van der Waals surface area contributed by atoms with Gasteiger partial charge in [0, 0.05) is 58.9 Å². The fraction of sp³-hybridized carbons (Fsp3) is 0.683. The molecule has 1 heterocycles. The van der Waals surface area contributed by atoms with Crippen molar-refractivity contribution < 1.29 is 47.9 Å². The van der Waals surface area contributed by atoms with Crippen LogP contribution in [0.5, 0.6) is 0 Å². The fourth-order valence-electron chi connectivity index (χ4n) is 10.7. The average molecular weight is 1530 g/mol. The van der Waals surface area contributed by atoms with E-state index in [0.29, 0.717) is 6.42 Å². The summed E-state index contributed by atoms with van der Waals surface area (Å²) >= 11 is 0. The fourth-order valence-corrected chi connectivity index (χ4v) is 10.7. The highest BCUT2D eigenvalue weighted by Crippen LogP contribution is 2.13. The van der Waals surface area contributed by atoms with Crippen LogP contribution in [0.1, 0.15) is 135 Å². The van der Waals surface area contributed by atoms with Crippen molar-refractivity contribution in [3.05, 3.63) is 0 Å². The van der Waals surface area contributed by atoms with Gasteiger partial charge in [-0.2, -0.15) is 0 Å². The number of hydrogen-bond donors (Lipinski definition) is 38. The second-order valence-electron chi connectivity index (χ2n) is 25.2. The van der Waals surface area contributed by atoms with E-state index in [1.165, 1.54) is 0 Å². The monoisotopic (exact) mass is 1530 g/mol. The molecule has 1 aliphatic heterocycles. The van der Waals surface area contributed by atoms with Crippen LogP contribution in [0.2, 0.25) is 0 Å². The van der Waals surface area contributed by atoms with Crippen LogP contribution in [0.25, 0.3) is 0 Å². The molecule has 1 aliphatic rings. The third-order valence-electron chi connectivity index (χ3n) is 16.1. The second-order valence-corrected chi connectivity index (χ2v) is 25.2. The van der Waals surface area contributed by atoms with Crippen molar-refractivity contribution in [3.63, 3.8) is 0 Å². The third kappa shape index (κ3) is 44.0. The van der Waals surface area contributed by atoms with Gasteiger partial charge in [-0.1, -0.05) is 0 Å². The lowest BCUT2D eigenvalue weighted by Gasteiger charge is -2.29. The first-order valence-electron chi connectivity index (χ1n) is 35.6. The summed E-state index contributed by atoms with van der Waals surface area (Å²) in [6.45, 7) is -0.0362. The summed E-state index contributed by atoms with van der Waals surface area (Å²) < 4.78 is 0. The van der Waals surface area contributed by atoms with Gasteiger partial charge >= 0.3 is 0 Å². The van der Waals surface area contributed by atoms with Crippen LogP contribution in [-0.4, -0.2) is 239 Å². The Bertz CT molecular complexity index is 2890. The molecule has 0 aromatic carbocycles. The van der Waals surface area contributed by atoms with Gasteiger partial charge in [-0.3, -0.25) is 96.6 Å². The average Bonchev–Trinajstić information content (AvgIpc) is 0.859. The smallest absolute Gasteiger partial charge is 0.243 e. The number of hydrogen-bond acceptors (Lipinski definition) is 20. The molecule has 0 aromatic rings. The van der Waals surface area contributed by atoms with E-state index in [1.54, 1.807) is 0 Å². The molecule has 10 amide bonds. The van der Waals surface area contributed by atoms with Crippen LogP contribution in [0.15, 0.2) is 0 Å². The molecule has 0 aliphatic carbocycles. The Morgan fingerprint density at radius 3 is 0.398 bits per heavy atom. The summed E-state index contributed by atoms with van der Waals surface area (Å²) in [7, 11) is 0. The molecule has 108 heavy (non-hydrogen) atoms. The minimum atomic E-state index is -1.59.